The molecule has 0 atom stereocenters. The molecule has 1 saturated carbocycles. The van der Waals surface area contributed by atoms with Gasteiger partial charge in [-0.05, 0) is 37.0 Å². The van der Waals surface area contributed by atoms with Crippen LogP contribution in [0.15, 0.2) is 6.20 Å². The Balaban J connectivity index is 1.99. The number of aromatic nitrogens is 1. The topological polar surface area (TPSA) is 50.2 Å². The van der Waals surface area contributed by atoms with E-state index in [1.165, 1.54) is 30.4 Å². The Morgan fingerprint density at radius 3 is 2.39 bits per heavy atom. The highest BCUT2D eigenvalue weighted by Crippen LogP contribution is 2.43. The summed E-state index contributed by atoms with van der Waals surface area (Å²) in [4.78, 5) is 15.5. The Bertz CT molecular complexity index is 425. The van der Waals surface area contributed by atoms with Gasteiger partial charge in [0, 0.05) is 5.92 Å². The highest BCUT2D eigenvalue weighted by molar-refractivity contribution is 7.13. The van der Waals surface area contributed by atoms with Crippen LogP contribution in [0.5, 0.6) is 0 Å². The second kappa shape index (κ2) is 5.00. The van der Waals surface area contributed by atoms with Crippen LogP contribution in [0.1, 0.15) is 67.1 Å². The van der Waals surface area contributed by atoms with E-state index >= 15 is 0 Å². The number of hydrogen-bond donors (Lipinski definition) is 1. The van der Waals surface area contributed by atoms with Gasteiger partial charge in [-0.3, -0.25) is 0 Å². The zero-order valence-electron chi connectivity index (χ0n) is 11.3. The van der Waals surface area contributed by atoms with Crippen LogP contribution in [-0.2, 0) is 0 Å². The largest absolute Gasteiger partial charge is 0.477 e. The van der Waals surface area contributed by atoms with E-state index in [-0.39, 0.29) is 0 Å². The molecule has 1 aliphatic rings. The molecule has 1 N–H and O–H groups in total. The maximum absolute atomic E-state index is 10.9. The van der Waals surface area contributed by atoms with Gasteiger partial charge in [0.25, 0.3) is 0 Å². The summed E-state index contributed by atoms with van der Waals surface area (Å²) in [6, 6.07) is 0. The van der Waals surface area contributed by atoms with Gasteiger partial charge in [0.15, 0.2) is 0 Å². The molecule has 0 amide bonds. The lowest BCUT2D eigenvalue weighted by Gasteiger charge is -2.36. The Kier molecular flexibility index (Phi) is 3.76. The lowest BCUT2D eigenvalue weighted by molar-refractivity contribution is 0.0702. The van der Waals surface area contributed by atoms with Crippen LogP contribution in [-0.4, -0.2) is 16.1 Å². The predicted molar refractivity (Wildman–Crippen MR) is 73.2 cm³/mol. The molecule has 18 heavy (non-hydrogen) atoms. The van der Waals surface area contributed by atoms with Crippen LogP contribution in [0.25, 0.3) is 0 Å². The van der Waals surface area contributed by atoms with Crippen molar-refractivity contribution in [3.8, 4) is 0 Å². The van der Waals surface area contributed by atoms with Crippen LogP contribution >= 0.6 is 11.3 Å². The molecular weight excluding hydrogens is 246 g/mol. The summed E-state index contributed by atoms with van der Waals surface area (Å²) in [6.45, 7) is 6.93. The van der Waals surface area contributed by atoms with Gasteiger partial charge in [0.2, 0.25) is 0 Å². The number of rotatable bonds is 2. The van der Waals surface area contributed by atoms with Crippen molar-refractivity contribution in [1.82, 2.24) is 4.98 Å². The number of carbonyl (C=O) groups is 1. The summed E-state index contributed by atoms with van der Waals surface area (Å²) in [5, 5.41) is 9.93. The van der Waals surface area contributed by atoms with Crippen LogP contribution in [0, 0.1) is 11.3 Å². The quantitative estimate of drug-likeness (QED) is 0.875. The van der Waals surface area contributed by atoms with E-state index in [0.29, 0.717) is 16.2 Å². The Morgan fingerprint density at radius 2 is 1.94 bits per heavy atom. The van der Waals surface area contributed by atoms with Gasteiger partial charge < -0.3 is 5.11 Å². The third kappa shape index (κ3) is 2.91. The summed E-state index contributed by atoms with van der Waals surface area (Å²) < 4.78 is 0. The minimum atomic E-state index is -0.859. The summed E-state index contributed by atoms with van der Waals surface area (Å²) in [7, 11) is 0. The van der Waals surface area contributed by atoms with E-state index in [9.17, 15) is 4.79 Å². The molecule has 0 aromatic carbocycles. The van der Waals surface area contributed by atoms with E-state index in [0.717, 1.165) is 23.8 Å². The van der Waals surface area contributed by atoms with Gasteiger partial charge >= 0.3 is 5.97 Å². The first-order chi connectivity index (χ1) is 8.38. The highest BCUT2D eigenvalue weighted by Gasteiger charge is 2.31. The molecule has 0 radical (unpaired) electrons. The fourth-order valence-electron chi connectivity index (χ4n) is 2.78. The zero-order chi connectivity index (χ0) is 13.3. The maximum atomic E-state index is 10.9. The molecule has 1 aromatic heterocycles. The van der Waals surface area contributed by atoms with Crippen molar-refractivity contribution < 1.29 is 9.90 Å². The average molecular weight is 267 g/mol. The number of aromatic carboxylic acids is 1. The summed E-state index contributed by atoms with van der Waals surface area (Å²) in [6.07, 6.45) is 6.26. The molecular formula is C14H21NO2S. The highest BCUT2D eigenvalue weighted by atomic mass is 32.1. The average Bonchev–Trinajstić information content (AvgIpc) is 2.77. The molecule has 1 aromatic rings. The lowest BCUT2D eigenvalue weighted by Crippen LogP contribution is -2.25. The van der Waals surface area contributed by atoms with Gasteiger partial charge in [-0.25, -0.2) is 9.78 Å². The van der Waals surface area contributed by atoms with Gasteiger partial charge in [-0.2, -0.15) is 0 Å². The van der Waals surface area contributed by atoms with Crippen molar-refractivity contribution >= 4 is 17.3 Å². The van der Waals surface area contributed by atoms with E-state index in [2.05, 4.69) is 25.8 Å². The summed E-state index contributed by atoms with van der Waals surface area (Å²) in [5.74, 6) is 0.400. The Labute approximate surface area is 112 Å². The number of nitrogens with zero attached hydrogens (tertiary/aromatic N) is 1. The van der Waals surface area contributed by atoms with Gasteiger partial charge in [0.1, 0.15) is 4.88 Å². The molecule has 0 saturated heterocycles. The minimum Gasteiger partial charge on any atom is -0.477 e. The number of hydrogen-bond acceptors (Lipinski definition) is 3. The van der Waals surface area contributed by atoms with E-state index in [1.54, 1.807) is 0 Å². The van der Waals surface area contributed by atoms with E-state index in [4.69, 9.17) is 5.11 Å². The monoisotopic (exact) mass is 267 g/mol. The molecule has 0 unspecified atom stereocenters. The normalized spacial score (nSPS) is 25.1. The molecule has 1 aliphatic carbocycles. The third-order valence-corrected chi connectivity index (χ3v) is 5.18. The Morgan fingerprint density at radius 1 is 1.33 bits per heavy atom. The van der Waals surface area contributed by atoms with Gasteiger partial charge in [-0.1, -0.05) is 20.8 Å². The van der Waals surface area contributed by atoms with Crippen molar-refractivity contribution in [2.75, 3.05) is 0 Å². The molecule has 1 heterocycles. The SMILES string of the molecule is CC(C)(C)C1CCC(c2ncc(C(=O)O)s2)CC1. The van der Waals surface area contributed by atoms with Gasteiger partial charge in [0.05, 0.1) is 11.2 Å². The first kappa shape index (κ1) is 13.5. The number of thiazole rings is 1. The zero-order valence-corrected chi connectivity index (χ0v) is 12.1. The smallest absolute Gasteiger partial charge is 0.347 e. The third-order valence-electron chi connectivity index (χ3n) is 4.04. The predicted octanol–water partition coefficient (Wildman–Crippen LogP) is 4.16. The van der Waals surface area contributed by atoms with Gasteiger partial charge in [-0.15, -0.1) is 11.3 Å². The van der Waals surface area contributed by atoms with Crippen LogP contribution < -0.4 is 0 Å². The molecule has 0 aliphatic heterocycles. The van der Waals surface area contributed by atoms with Crippen LogP contribution in [0.4, 0.5) is 0 Å². The Hall–Kier alpha value is -0.900. The van der Waals surface area contributed by atoms with E-state index in [1.807, 2.05) is 0 Å². The van der Waals surface area contributed by atoms with Crippen LogP contribution in [0.2, 0.25) is 0 Å². The fraction of sp³-hybridized carbons (Fsp3) is 0.714. The molecule has 0 bridgehead atoms. The number of carboxylic acids is 1. The first-order valence-electron chi connectivity index (χ1n) is 6.57. The van der Waals surface area contributed by atoms with Crippen molar-refractivity contribution in [3.05, 3.63) is 16.1 Å². The van der Waals surface area contributed by atoms with E-state index < -0.39 is 5.97 Å². The minimum absolute atomic E-state index is 0.364. The van der Waals surface area contributed by atoms with Crippen molar-refractivity contribution in [2.45, 2.75) is 52.4 Å². The second-order valence-electron chi connectivity index (χ2n) is 6.28. The molecule has 3 nitrogen and oxygen atoms in total. The maximum Gasteiger partial charge on any atom is 0.347 e. The molecule has 100 valence electrons. The van der Waals surface area contributed by atoms with Crippen LogP contribution in [0.3, 0.4) is 0 Å². The second-order valence-corrected chi connectivity index (χ2v) is 7.34. The summed E-state index contributed by atoms with van der Waals surface area (Å²) in [5.41, 5.74) is 0.389. The summed E-state index contributed by atoms with van der Waals surface area (Å²) >= 11 is 1.35. The van der Waals surface area contributed by atoms with Crippen molar-refractivity contribution in [1.29, 1.82) is 0 Å². The fourth-order valence-corrected chi connectivity index (χ4v) is 3.71. The van der Waals surface area contributed by atoms with Crippen molar-refractivity contribution in [2.24, 2.45) is 11.3 Å². The molecule has 0 spiro atoms. The first-order valence-corrected chi connectivity index (χ1v) is 7.38. The van der Waals surface area contributed by atoms with Crippen molar-refractivity contribution in [3.63, 3.8) is 0 Å². The molecule has 4 heteroatoms. The molecule has 1 fully saturated rings. The standard InChI is InChI=1S/C14H21NO2S/c1-14(2,3)10-6-4-9(5-7-10)12-15-8-11(18-12)13(16)17/h8-10H,4-7H2,1-3H3,(H,16,17). The lowest BCUT2D eigenvalue weighted by atomic mass is 9.70. The number of carboxylic acid groups (broad SMARTS) is 1. The molecule has 2 rings (SSSR count).